The molecular formula is C16H21ClN8S. The average Bonchev–Trinajstić information content (AvgIpc) is 3.21. The Kier molecular flexibility index (Phi) is 5.77. The first-order chi connectivity index (χ1) is 12.4. The van der Waals surface area contributed by atoms with E-state index in [9.17, 15) is 0 Å². The summed E-state index contributed by atoms with van der Waals surface area (Å²) in [5.74, 6) is 2.21. The minimum atomic E-state index is 0.194. The Bertz CT molecular complexity index is 858. The molecule has 26 heavy (non-hydrogen) atoms. The molecule has 0 amide bonds. The van der Waals surface area contributed by atoms with Gasteiger partial charge in [0.1, 0.15) is 11.5 Å². The summed E-state index contributed by atoms with van der Waals surface area (Å²) in [5, 5.41) is 13.8. The zero-order valence-electron chi connectivity index (χ0n) is 15.1. The summed E-state index contributed by atoms with van der Waals surface area (Å²) in [6.45, 7) is 6.29. The lowest BCUT2D eigenvalue weighted by molar-refractivity contribution is 0.610. The minimum Gasteiger partial charge on any atom is -0.298 e. The van der Waals surface area contributed by atoms with Crippen LogP contribution in [0.4, 0.5) is 5.95 Å². The summed E-state index contributed by atoms with van der Waals surface area (Å²) in [7, 11) is 1.88. The Hall–Kier alpha value is -2.13. The third kappa shape index (κ3) is 4.34. The molecule has 0 bridgehead atoms. The van der Waals surface area contributed by atoms with Gasteiger partial charge in [-0.1, -0.05) is 18.5 Å². The van der Waals surface area contributed by atoms with Crippen LogP contribution in [-0.2, 0) is 13.5 Å². The van der Waals surface area contributed by atoms with Crippen LogP contribution in [0.5, 0.6) is 0 Å². The fraction of sp³-hybridized carbons (Fsp3) is 0.438. The number of nitrogens with one attached hydrogen (secondary N) is 1. The minimum absolute atomic E-state index is 0.194. The van der Waals surface area contributed by atoms with Gasteiger partial charge in [0.25, 0.3) is 0 Å². The molecule has 1 unspecified atom stereocenters. The fourth-order valence-electron chi connectivity index (χ4n) is 2.46. The molecule has 0 aromatic carbocycles. The van der Waals surface area contributed by atoms with Gasteiger partial charge < -0.3 is 0 Å². The molecule has 10 heteroatoms. The van der Waals surface area contributed by atoms with Crippen molar-refractivity contribution in [2.75, 3.05) is 4.72 Å². The molecule has 0 aliphatic heterocycles. The molecule has 3 aromatic rings. The second kappa shape index (κ2) is 8.05. The third-order valence-corrected chi connectivity index (χ3v) is 4.71. The van der Waals surface area contributed by atoms with Gasteiger partial charge in [-0.25, -0.2) is 9.97 Å². The molecule has 3 aromatic heterocycles. The van der Waals surface area contributed by atoms with Gasteiger partial charge in [-0.2, -0.15) is 5.10 Å². The smallest absolute Gasteiger partial charge is 0.235 e. The first kappa shape index (κ1) is 18.7. The van der Waals surface area contributed by atoms with Crippen LogP contribution in [-0.4, -0.2) is 39.8 Å². The summed E-state index contributed by atoms with van der Waals surface area (Å²) in [6, 6.07) is 2.13. The predicted octanol–water partition coefficient (Wildman–Crippen LogP) is 3.39. The summed E-state index contributed by atoms with van der Waals surface area (Å²) in [4.78, 5) is 8.47. The number of hydrogen-bond acceptors (Lipinski definition) is 7. The lowest BCUT2D eigenvalue weighted by Crippen LogP contribution is -2.11. The summed E-state index contributed by atoms with van der Waals surface area (Å²) in [5.41, 5.74) is 0.800. The topological polar surface area (TPSA) is 86.3 Å². The van der Waals surface area contributed by atoms with Gasteiger partial charge in [0.15, 0.2) is 5.82 Å². The van der Waals surface area contributed by atoms with E-state index in [2.05, 4.69) is 50.8 Å². The van der Waals surface area contributed by atoms with Crippen LogP contribution in [0, 0.1) is 0 Å². The van der Waals surface area contributed by atoms with Gasteiger partial charge in [-0.15, -0.1) is 10.2 Å². The van der Waals surface area contributed by atoms with E-state index >= 15 is 0 Å². The molecule has 3 heterocycles. The Morgan fingerprint density at radius 2 is 1.92 bits per heavy atom. The van der Waals surface area contributed by atoms with Crippen molar-refractivity contribution in [3.63, 3.8) is 0 Å². The van der Waals surface area contributed by atoms with Gasteiger partial charge in [0.05, 0.1) is 5.02 Å². The van der Waals surface area contributed by atoms with Crippen LogP contribution in [0.15, 0.2) is 24.7 Å². The number of halogens is 1. The van der Waals surface area contributed by atoms with Crippen molar-refractivity contribution in [2.45, 2.75) is 38.5 Å². The zero-order chi connectivity index (χ0) is 18.7. The number of aromatic nitrogens is 7. The van der Waals surface area contributed by atoms with E-state index in [0.29, 0.717) is 11.0 Å². The van der Waals surface area contributed by atoms with Gasteiger partial charge in [-0.05, 0) is 31.9 Å². The molecule has 0 aliphatic rings. The summed E-state index contributed by atoms with van der Waals surface area (Å²) < 4.78 is 7.11. The van der Waals surface area contributed by atoms with E-state index in [4.69, 9.17) is 11.6 Å². The largest absolute Gasteiger partial charge is 0.298 e. The van der Waals surface area contributed by atoms with Crippen molar-refractivity contribution >= 4 is 29.5 Å². The van der Waals surface area contributed by atoms with Crippen LogP contribution in [0.1, 0.15) is 32.6 Å². The quantitative estimate of drug-likeness (QED) is 0.616. The van der Waals surface area contributed by atoms with Crippen molar-refractivity contribution in [3.05, 3.63) is 35.5 Å². The zero-order valence-corrected chi connectivity index (χ0v) is 16.7. The molecule has 3 rings (SSSR count). The van der Waals surface area contributed by atoms with Gasteiger partial charge in [-0.3, -0.25) is 14.0 Å². The van der Waals surface area contributed by atoms with Crippen LogP contribution in [0.3, 0.4) is 0 Å². The third-order valence-electron chi connectivity index (χ3n) is 3.65. The van der Waals surface area contributed by atoms with Crippen molar-refractivity contribution in [3.8, 4) is 11.5 Å². The number of aryl methyl sites for hydroxylation is 1. The van der Waals surface area contributed by atoms with Gasteiger partial charge >= 0.3 is 0 Å². The van der Waals surface area contributed by atoms with Crippen LogP contribution < -0.4 is 4.72 Å². The Morgan fingerprint density at radius 3 is 2.54 bits per heavy atom. The molecule has 138 valence electrons. The molecule has 8 nitrogen and oxygen atoms in total. The highest BCUT2D eigenvalue weighted by Crippen LogP contribution is 2.26. The number of nitrogens with zero attached hydrogens (tertiary/aromatic N) is 7. The number of anilines is 1. The van der Waals surface area contributed by atoms with E-state index in [-0.39, 0.29) is 11.3 Å². The normalized spacial score (nSPS) is 12.5. The molecule has 1 N–H and O–H groups in total. The fourth-order valence-corrected chi connectivity index (χ4v) is 3.23. The van der Waals surface area contributed by atoms with E-state index < -0.39 is 0 Å². The number of rotatable bonds is 7. The van der Waals surface area contributed by atoms with Crippen molar-refractivity contribution in [2.24, 2.45) is 7.05 Å². The van der Waals surface area contributed by atoms with E-state index in [1.54, 1.807) is 29.0 Å². The van der Waals surface area contributed by atoms with E-state index in [1.165, 1.54) is 0 Å². The molecule has 0 fully saturated rings. The lowest BCUT2D eigenvalue weighted by Gasteiger charge is -2.15. The van der Waals surface area contributed by atoms with Crippen molar-refractivity contribution in [1.82, 2.24) is 34.5 Å². The van der Waals surface area contributed by atoms with Crippen molar-refractivity contribution < 1.29 is 0 Å². The first-order valence-corrected chi connectivity index (χ1v) is 9.52. The van der Waals surface area contributed by atoms with E-state index in [1.807, 2.05) is 23.9 Å². The highest BCUT2D eigenvalue weighted by molar-refractivity contribution is 8.01. The summed E-state index contributed by atoms with van der Waals surface area (Å²) >= 11 is 7.39. The monoisotopic (exact) mass is 392 g/mol. The van der Waals surface area contributed by atoms with Crippen molar-refractivity contribution in [1.29, 1.82) is 0 Å². The second-order valence-electron chi connectivity index (χ2n) is 6.24. The summed E-state index contributed by atoms with van der Waals surface area (Å²) in [6.07, 6.45) is 5.84. The molecule has 0 saturated carbocycles. The average molecular weight is 393 g/mol. The van der Waals surface area contributed by atoms with Crippen LogP contribution in [0.2, 0.25) is 5.02 Å². The van der Waals surface area contributed by atoms with Crippen LogP contribution >= 0.6 is 23.5 Å². The van der Waals surface area contributed by atoms with Crippen LogP contribution in [0.25, 0.3) is 11.5 Å². The first-order valence-electron chi connectivity index (χ1n) is 8.27. The highest BCUT2D eigenvalue weighted by atomic mass is 35.5. The lowest BCUT2D eigenvalue weighted by atomic mass is 10.3. The maximum Gasteiger partial charge on any atom is 0.235 e. The molecule has 0 saturated heterocycles. The van der Waals surface area contributed by atoms with E-state index in [0.717, 1.165) is 23.8 Å². The molecule has 0 spiro atoms. The number of hydrogen-bond donors (Lipinski definition) is 1. The Labute approximate surface area is 161 Å². The highest BCUT2D eigenvalue weighted by Gasteiger charge is 2.19. The maximum absolute atomic E-state index is 5.82. The van der Waals surface area contributed by atoms with Gasteiger partial charge in [0, 0.05) is 43.4 Å². The standard InChI is InChI=1S/C16H21ClN8S/c1-10(2)25-15(13-5-6-24(4)22-13)20-21-16(25)23-26-11(3)7-14-18-8-12(17)9-19-14/h5-6,8-11H,7H2,1-4H3,(H,21,23). The predicted molar refractivity (Wildman–Crippen MR) is 104 cm³/mol. The maximum atomic E-state index is 5.82. The Morgan fingerprint density at radius 1 is 1.19 bits per heavy atom. The molecular weight excluding hydrogens is 372 g/mol. The molecule has 0 radical (unpaired) electrons. The molecule has 0 aliphatic carbocycles. The SMILES string of the molecule is CC(Cc1ncc(Cl)cn1)SNc1nnc(-c2ccn(C)n2)n1C(C)C. The van der Waals surface area contributed by atoms with Gasteiger partial charge in [0.2, 0.25) is 5.95 Å². The Balaban J connectivity index is 1.69. The molecule has 1 atom stereocenters. The second-order valence-corrected chi connectivity index (χ2v) is 7.92.